The SMILES string of the molecule is CC(C)Cn1c(CC(N)=S)nc2ccccc21. The van der Waals surface area contributed by atoms with Crippen LogP contribution in [-0.4, -0.2) is 14.5 Å². The summed E-state index contributed by atoms with van der Waals surface area (Å²) in [7, 11) is 0. The standard InChI is InChI=1S/C13H17N3S/c1-9(2)8-16-11-6-4-3-5-10(11)15-13(16)7-12(14)17/h3-6,9H,7-8H2,1-2H3,(H2,14,17). The first kappa shape index (κ1) is 12.0. The van der Waals surface area contributed by atoms with Crippen molar-refractivity contribution < 1.29 is 0 Å². The Bertz CT molecular complexity index is 543. The molecule has 0 amide bonds. The van der Waals surface area contributed by atoms with Crippen molar-refractivity contribution in [1.29, 1.82) is 0 Å². The quantitative estimate of drug-likeness (QED) is 0.844. The van der Waals surface area contributed by atoms with Crippen LogP contribution >= 0.6 is 12.2 Å². The summed E-state index contributed by atoms with van der Waals surface area (Å²) in [6.07, 6.45) is 0.566. The minimum absolute atomic E-state index is 0.491. The normalized spacial score (nSPS) is 11.2. The Kier molecular flexibility index (Phi) is 3.43. The summed E-state index contributed by atoms with van der Waals surface area (Å²) < 4.78 is 2.22. The topological polar surface area (TPSA) is 43.8 Å². The zero-order chi connectivity index (χ0) is 12.4. The first-order chi connectivity index (χ1) is 8.08. The van der Waals surface area contributed by atoms with Gasteiger partial charge in [0.2, 0.25) is 0 Å². The van der Waals surface area contributed by atoms with Crippen LogP contribution < -0.4 is 5.73 Å². The Labute approximate surface area is 107 Å². The molecule has 0 atom stereocenters. The van der Waals surface area contributed by atoms with Gasteiger partial charge in [-0.1, -0.05) is 38.2 Å². The molecule has 0 spiro atoms. The van der Waals surface area contributed by atoms with Crippen molar-refractivity contribution in [2.24, 2.45) is 11.7 Å². The summed E-state index contributed by atoms with van der Waals surface area (Å²) >= 11 is 4.98. The lowest BCUT2D eigenvalue weighted by molar-refractivity contribution is 0.522. The highest BCUT2D eigenvalue weighted by atomic mass is 32.1. The van der Waals surface area contributed by atoms with E-state index in [1.807, 2.05) is 18.2 Å². The van der Waals surface area contributed by atoms with E-state index >= 15 is 0 Å². The zero-order valence-electron chi connectivity index (χ0n) is 10.2. The maximum Gasteiger partial charge on any atom is 0.116 e. The molecule has 4 heteroatoms. The maximum absolute atomic E-state index is 5.62. The molecule has 3 nitrogen and oxygen atoms in total. The van der Waals surface area contributed by atoms with Crippen molar-refractivity contribution in [1.82, 2.24) is 9.55 Å². The third-order valence-electron chi connectivity index (χ3n) is 2.61. The first-order valence-electron chi connectivity index (χ1n) is 5.80. The molecule has 0 aliphatic carbocycles. The van der Waals surface area contributed by atoms with Crippen LogP contribution in [0.3, 0.4) is 0 Å². The van der Waals surface area contributed by atoms with Crippen molar-refractivity contribution >= 4 is 28.2 Å². The molecular weight excluding hydrogens is 230 g/mol. The van der Waals surface area contributed by atoms with E-state index in [1.165, 1.54) is 0 Å². The smallest absolute Gasteiger partial charge is 0.116 e. The van der Waals surface area contributed by atoms with E-state index in [-0.39, 0.29) is 0 Å². The molecule has 1 heterocycles. The molecule has 0 saturated carbocycles. The fourth-order valence-electron chi connectivity index (χ4n) is 1.99. The number of rotatable bonds is 4. The lowest BCUT2D eigenvalue weighted by Gasteiger charge is -2.11. The fraction of sp³-hybridized carbons (Fsp3) is 0.385. The van der Waals surface area contributed by atoms with Gasteiger partial charge in [0.15, 0.2) is 0 Å². The van der Waals surface area contributed by atoms with Crippen LogP contribution in [0.5, 0.6) is 0 Å². The van der Waals surface area contributed by atoms with Crippen molar-refractivity contribution in [2.75, 3.05) is 0 Å². The number of benzene rings is 1. The number of fused-ring (bicyclic) bond motifs is 1. The summed E-state index contributed by atoms with van der Waals surface area (Å²) in [5.41, 5.74) is 7.80. The summed E-state index contributed by atoms with van der Waals surface area (Å²) in [5.74, 6) is 1.53. The van der Waals surface area contributed by atoms with E-state index in [0.29, 0.717) is 17.3 Å². The van der Waals surface area contributed by atoms with Gasteiger partial charge in [-0.25, -0.2) is 4.98 Å². The largest absolute Gasteiger partial charge is 0.393 e. The predicted molar refractivity (Wildman–Crippen MR) is 75.1 cm³/mol. The lowest BCUT2D eigenvalue weighted by Crippen LogP contribution is -2.16. The molecule has 17 heavy (non-hydrogen) atoms. The van der Waals surface area contributed by atoms with E-state index in [9.17, 15) is 0 Å². The number of para-hydroxylation sites is 2. The highest BCUT2D eigenvalue weighted by Crippen LogP contribution is 2.18. The van der Waals surface area contributed by atoms with Gasteiger partial charge in [0, 0.05) is 6.54 Å². The van der Waals surface area contributed by atoms with Crippen molar-refractivity contribution in [3.63, 3.8) is 0 Å². The molecule has 0 aliphatic heterocycles. The Hall–Kier alpha value is -1.42. The summed E-state index contributed by atoms with van der Waals surface area (Å²) in [6, 6.07) is 8.15. The second-order valence-corrected chi connectivity index (χ2v) is 5.19. The van der Waals surface area contributed by atoms with Gasteiger partial charge in [0.05, 0.1) is 22.4 Å². The molecule has 1 aromatic heterocycles. The minimum atomic E-state index is 0.491. The van der Waals surface area contributed by atoms with E-state index in [0.717, 1.165) is 23.4 Å². The van der Waals surface area contributed by atoms with Crippen LogP contribution in [0.4, 0.5) is 0 Å². The summed E-state index contributed by atoms with van der Waals surface area (Å²) in [6.45, 7) is 5.33. The van der Waals surface area contributed by atoms with Crippen molar-refractivity contribution in [3.05, 3.63) is 30.1 Å². The molecule has 1 aromatic carbocycles. The number of aromatic nitrogens is 2. The predicted octanol–water partition coefficient (Wildman–Crippen LogP) is 2.52. The van der Waals surface area contributed by atoms with Crippen LogP contribution in [0.1, 0.15) is 19.7 Å². The Morgan fingerprint density at radius 3 is 2.76 bits per heavy atom. The van der Waals surface area contributed by atoms with Crippen molar-refractivity contribution in [2.45, 2.75) is 26.8 Å². The molecule has 90 valence electrons. The second-order valence-electron chi connectivity index (χ2n) is 4.66. The molecule has 2 rings (SSSR count). The number of nitrogens with two attached hydrogens (primary N) is 1. The Balaban J connectivity index is 2.52. The van der Waals surface area contributed by atoms with E-state index < -0.39 is 0 Å². The highest BCUT2D eigenvalue weighted by Gasteiger charge is 2.11. The lowest BCUT2D eigenvalue weighted by atomic mass is 10.2. The van der Waals surface area contributed by atoms with Gasteiger partial charge in [0.1, 0.15) is 5.82 Å². The van der Waals surface area contributed by atoms with Crippen LogP contribution in [0, 0.1) is 5.92 Å². The number of imidazole rings is 1. The molecule has 0 radical (unpaired) electrons. The maximum atomic E-state index is 5.62. The van der Waals surface area contributed by atoms with Gasteiger partial charge >= 0.3 is 0 Å². The van der Waals surface area contributed by atoms with E-state index in [2.05, 4.69) is 29.5 Å². The molecule has 0 unspecified atom stereocenters. The Morgan fingerprint density at radius 1 is 1.41 bits per heavy atom. The fourth-order valence-corrected chi connectivity index (χ4v) is 2.11. The van der Waals surface area contributed by atoms with E-state index in [1.54, 1.807) is 0 Å². The molecular formula is C13H17N3S. The number of hydrogen-bond donors (Lipinski definition) is 1. The molecule has 2 aromatic rings. The van der Waals surface area contributed by atoms with Crippen LogP contribution in [-0.2, 0) is 13.0 Å². The van der Waals surface area contributed by atoms with E-state index in [4.69, 9.17) is 18.0 Å². The van der Waals surface area contributed by atoms with Crippen LogP contribution in [0.15, 0.2) is 24.3 Å². The van der Waals surface area contributed by atoms with Gasteiger partial charge < -0.3 is 10.3 Å². The molecule has 0 saturated heterocycles. The van der Waals surface area contributed by atoms with Gasteiger partial charge in [-0.3, -0.25) is 0 Å². The number of nitrogens with zero attached hydrogens (tertiary/aromatic N) is 2. The third-order valence-corrected chi connectivity index (χ3v) is 2.76. The van der Waals surface area contributed by atoms with Gasteiger partial charge in [-0.15, -0.1) is 0 Å². The minimum Gasteiger partial charge on any atom is -0.393 e. The molecule has 0 bridgehead atoms. The Morgan fingerprint density at radius 2 is 2.12 bits per heavy atom. The monoisotopic (exact) mass is 247 g/mol. The van der Waals surface area contributed by atoms with Crippen molar-refractivity contribution in [3.8, 4) is 0 Å². The van der Waals surface area contributed by atoms with Gasteiger partial charge in [-0.2, -0.15) is 0 Å². The third kappa shape index (κ3) is 2.64. The zero-order valence-corrected chi connectivity index (χ0v) is 11.0. The number of thiocarbonyl (C=S) groups is 1. The van der Waals surface area contributed by atoms with Crippen LogP contribution in [0.25, 0.3) is 11.0 Å². The first-order valence-corrected chi connectivity index (χ1v) is 6.21. The van der Waals surface area contributed by atoms with Gasteiger partial charge in [0.25, 0.3) is 0 Å². The molecule has 2 N–H and O–H groups in total. The second kappa shape index (κ2) is 4.84. The number of hydrogen-bond acceptors (Lipinski definition) is 2. The van der Waals surface area contributed by atoms with Crippen LogP contribution in [0.2, 0.25) is 0 Å². The average Bonchev–Trinajstić information content (AvgIpc) is 2.55. The highest BCUT2D eigenvalue weighted by molar-refractivity contribution is 7.80. The summed E-state index contributed by atoms with van der Waals surface area (Å²) in [4.78, 5) is 5.09. The average molecular weight is 247 g/mol. The van der Waals surface area contributed by atoms with Gasteiger partial charge in [-0.05, 0) is 18.1 Å². The molecule has 0 aliphatic rings. The summed E-state index contributed by atoms with van der Waals surface area (Å²) in [5, 5.41) is 0. The molecule has 0 fully saturated rings.